The zero-order valence-corrected chi connectivity index (χ0v) is 14.6. The molecule has 0 aliphatic carbocycles. The van der Waals surface area contributed by atoms with E-state index in [2.05, 4.69) is 20.3 Å². The third kappa shape index (κ3) is 2.51. The maximum absolute atomic E-state index is 12.4. The average Bonchev–Trinajstić information content (AvgIpc) is 3.27. The number of nitrogens with zero attached hydrogens (tertiary/aromatic N) is 4. The van der Waals surface area contributed by atoms with Crippen molar-refractivity contribution in [2.24, 2.45) is 0 Å². The molecule has 4 rings (SSSR count). The number of nitrogen functional groups attached to an aromatic ring is 1. The predicted molar refractivity (Wildman–Crippen MR) is 87.5 cm³/mol. The molecule has 26 heavy (non-hydrogen) atoms. The Morgan fingerprint density at radius 3 is 2.88 bits per heavy atom. The number of amides is 1. The van der Waals surface area contributed by atoms with Gasteiger partial charge in [0.05, 0.1) is 6.33 Å². The number of methoxy groups -OCH3 is 1. The minimum absolute atomic E-state index is 0.258. The zero-order chi connectivity index (χ0) is 18.5. The molecule has 0 bridgehead atoms. The van der Waals surface area contributed by atoms with Gasteiger partial charge in [-0.1, -0.05) is 0 Å². The van der Waals surface area contributed by atoms with E-state index in [1.54, 1.807) is 11.5 Å². The van der Waals surface area contributed by atoms with Crippen LogP contribution in [0.1, 0.15) is 20.1 Å². The number of nitrogens with two attached hydrogens (primary N) is 1. The predicted octanol–water partition coefficient (Wildman–Crippen LogP) is -0.454. The van der Waals surface area contributed by atoms with E-state index in [4.69, 9.17) is 24.7 Å². The Balaban J connectivity index is 1.73. The van der Waals surface area contributed by atoms with Crippen LogP contribution in [-0.2, 0) is 23.7 Å². The Bertz CT molecular complexity index is 843. The van der Waals surface area contributed by atoms with Gasteiger partial charge >= 0.3 is 0 Å². The highest BCUT2D eigenvalue weighted by molar-refractivity contribution is 5.82. The van der Waals surface area contributed by atoms with E-state index in [0.29, 0.717) is 17.7 Å². The van der Waals surface area contributed by atoms with Crippen molar-refractivity contribution >= 4 is 22.9 Å². The number of likely N-dealkylation sites (N-methyl/N-ethyl adjacent to an activating group) is 1. The van der Waals surface area contributed by atoms with Crippen molar-refractivity contribution in [3.05, 3.63) is 12.7 Å². The number of rotatable bonds is 4. The van der Waals surface area contributed by atoms with E-state index < -0.39 is 30.5 Å². The fourth-order valence-electron chi connectivity index (χ4n) is 3.28. The number of ether oxygens (including phenoxy) is 4. The highest BCUT2D eigenvalue weighted by atomic mass is 16.9. The molecule has 2 aliphatic rings. The fourth-order valence-corrected chi connectivity index (χ4v) is 3.28. The highest BCUT2D eigenvalue weighted by Crippen LogP contribution is 2.44. The summed E-state index contributed by atoms with van der Waals surface area (Å²) in [6.45, 7) is 3.94. The number of aromatic nitrogens is 4. The van der Waals surface area contributed by atoms with Crippen LogP contribution in [0.2, 0.25) is 0 Å². The number of fused-ring (bicyclic) bond motifs is 2. The lowest BCUT2D eigenvalue weighted by atomic mass is 10.1. The minimum atomic E-state index is -1.27. The number of carbonyl (C=O) groups excluding carboxylic acids is 1. The lowest BCUT2D eigenvalue weighted by Crippen LogP contribution is -2.43. The number of anilines is 1. The van der Waals surface area contributed by atoms with Gasteiger partial charge in [0.2, 0.25) is 0 Å². The first-order valence-electron chi connectivity index (χ1n) is 8.24. The van der Waals surface area contributed by atoms with E-state index in [1.807, 2.05) is 6.92 Å². The lowest BCUT2D eigenvalue weighted by Gasteiger charge is -2.26. The Labute approximate surface area is 148 Å². The first-order chi connectivity index (χ1) is 12.5. The molecule has 11 nitrogen and oxygen atoms in total. The molecule has 2 fully saturated rings. The molecule has 4 heterocycles. The van der Waals surface area contributed by atoms with Crippen LogP contribution >= 0.6 is 0 Å². The summed E-state index contributed by atoms with van der Waals surface area (Å²) in [6, 6.07) is 0. The van der Waals surface area contributed by atoms with Gasteiger partial charge in [0.1, 0.15) is 24.1 Å². The van der Waals surface area contributed by atoms with E-state index in [-0.39, 0.29) is 11.7 Å². The SMILES string of the molecule is CCNC(=O)[C@H]1O[C@@H](n2cnc3c(N)ncnc32)[C@@H]2OC(C)(OC)O[C@@H]21. The number of nitrogens with one attached hydrogen (secondary N) is 1. The highest BCUT2D eigenvalue weighted by Gasteiger charge is 2.60. The van der Waals surface area contributed by atoms with Gasteiger partial charge in [0.25, 0.3) is 11.9 Å². The van der Waals surface area contributed by atoms with Crippen LogP contribution in [0.3, 0.4) is 0 Å². The molecular weight excluding hydrogens is 344 g/mol. The molecule has 2 aromatic rings. The number of carbonyl (C=O) groups is 1. The van der Waals surface area contributed by atoms with E-state index >= 15 is 0 Å². The summed E-state index contributed by atoms with van der Waals surface area (Å²) >= 11 is 0. The number of imidazole rings is 1. The van der Waals surface area contributed by atoms with Crippen LogP contribution in [0.25, 0.3) is 11.2 Å². The molecule has 1 amide bonds. The minimum Gasteiger partial charge on any atom is -0.382 e. The van der Waals surface area contributed by atoms with Crippen molar-refractivity contribution in [1.29, 1.82) is 0 Å². The van der Waals surface area contributed by atoms with Gasteiger partial charge in [-0.05, 0) is 6.92 Å². The summed E-state index contributed by atoms with van der Waals surface area (Å²) in [7, 11) is 1.47. The molecule has 2 aliphatic heterocycles. The van der Waals surface area contributed by atoms with Gasteiger partial charge in [-0.25, -0.2) is 15.0 Å². The summed E-state index contributed by atoms with van der Waals surface area (Å²) in [6.07, 6.45) is 0.0785. The molecule has 11 heteroatoms. The van der Waals surface area contributed by atoms with Crippen LogP contribution in [-0.4, -0.2) is 63.4 Å². The second-order valence-electron chi connectivity index (χ2n) is 6.16. The maximum atomic E-state index is 12.4. The van der Waals surface area contributed by atoms with Crippen LogP contribution < -0.4 is 11.1 Å². The van der Waals surface area contributed by atoms with Crippen molar-refractivity contribution < 1.29 is 23.7 Å². The quantitative estimate of drug-likeness (QED) is 0.739. The monoisotopic (exact) mass is 364 g/mol. The summed E-state index contributed by atoms with van der Waals surface area (Å²) in [5.74, 6) is -1.30. The van der Waals surface area contributed by atoms with Crippen LogP contribution in [0, 0.1) is 0 Å². The molecule has 1 unspecified atom stereocenters. The van der Waals surface area contributed by atoms with Crippen molar-refractivity contribution in [3.63, 3.8) is 0 Å². The van der Waals surface area contributed by atoms with Crippen molar-refractivity contribution in [2.45, 2.75) is 44.4 Å². The van der Waals surface area contributed by atoms with Gasteiger partial charge in [0, 0.05) is 20.6 Å². The number of hydrogen-bond donors (Lipinski definition) is 2. The average molecular weight is 364 g/mol. The summed E-state index contributed by atoms with van der Waals surface area (Å²) in [4.78, 5) is 24.8. The first kappa shape index (κ1) is 17.1. The Kier molecular flexibility index (Phi) is 4.03. The van der Waals surface area contributed by atoms with E-state index in [1.165, 1.54) is 19.8 Å². The van der Waals surface area contributed by atoms with Gasteiger partial charge in [0.15, 0.2) is 23.8 Å². The van der Waals surface area contributed by atoms with Gasteiger partial charge in [-0.15, -0.1) is 0 Å². The Morgan fingerprint density at radius 1 is 1.38 bits per heavy atom. The first-order valence-corrected chi connectivity index (χ1v) is 8.24. The van der Waals surface area contributed by atoms with E-state index in [9.17, 15) is 4.79 Å². The molecule has 5 atom stereocenters. The van der Waals surface area contributed by atoms with Crippen LogP contribution in [0.5, 0.6) is 0 Å². The molecule has 0 saturated carbocycles. The summed E-state index contributed by atoms with van der Waals surface area (Å²) < 4.78 is 24.7. The molecule has 0 radical (unpaired) electrons. The van der Waals surface area contributed by atoms with Gasteiger partial charge < -0.3 is 30.0 Å². The topological polar surface area (TPSA) is 136 Å². The largest absolute Gasteiger partial charge is 0.382 e. The third-order valence-corrected chi connectivity index (χ3v) is 4.53. The normalized spacial score (nSPS) is 33.5. The molecule has 0 aromatic carbocycles. The lowest BCUT2D eigenvalue weighted by molar-refractivity contribution is -0.334. The molecule has 2 aromatic heterocycles. The fraction of sp³-hybridized carbons (Fsp3) is 0.600. The Hall–Kier alpha value is -2.34. The molecular formula is C15H20N6O5. The second kappa shape index (κ2) is 6.13. The van der Waals surface area contributed by atoms with Crippen LogP contribution in [0.15, 0.2) is 12.7 Å². The summed E-state index contributed by atoms with van der Waals surface area (Å²) in [5.41, 5.74) is 6.77. The van der Waals surface area contributed by atoms with Crippen LogP contribution in [0.4, 0.5) is 5.82 Å². The molecule has 3 N–H and O–H groups in total. The summed E-state index contributed by atoms with van der Waals surface area (Å²) in [5, 5.41) is 2.75. The second-order valence-corrected chi connectivity index (χ2v) is 6.16. The van der Waals surface area contributed by atoms with Crippen molar-refractivity contribution in [2.75, 3.05) is 19.4 Å². The molecule has 2 saturated heterocycles. The van der Waals surface area contributed by atoms with Crippen molar-refractivity contribution in [3.8, 4) is 0 Å². The maximum Gasteiger partial charge on any atom is 0.280 e. The molecule has 0 spiro atoms. The van der Waals surface area contributed by atoms with Gasteiger partial charge in [-0.2, -0.15) is 0 Å². The number of hydrogen-bond acceptors (Lipinski definition) is 9. The Morgan fingerprint density at radius 2 is 2.15 bits per heavy atom. The standard InChI is InChI=1S/C15H20N6O5/c1-4-17-13(22)9-8-10(26-15(2,23-3)25-8)14(24-9)21-6-20-7-11(16)18-5-19-12(7)21/h5-6,8-10,14H,4H2,1-3H3,(H,17,22)(H2,16,18,19)/t8-,9+,10-,14-,15?/m1/s1. The molecule has 140 valence electrons. The smallest absolute Gasteiger partial charge is 0.280 e. The van der Waals surface area contributed by atoms with E-state index in [0.717, 1.165) is 0 Å². The zero-order valence-electron chi connectivity index (χ0n) is 14.6. The van der Waals surface area contributed by atoms with Gasteiger partial charge in [-0.3, -0.25) is 9.36 Å². The van der Waals surface area contributed by atoms with Crippen molar-refractivity contribution in [1.82, 2.24) is 24.8 Å². The third-order valence-electron chi connectivity index (χ3n) is 4.53.